The first-order valence-corrected chi connectivity index (χ1v) is 11.6. The lowest BCUT2D eigenvalue weighted by Crippen LogP contribution is -2.52. The van der Waals surface area contributed by atoms with Gasteiger partial charge in [-0.15, -0.1) is 0 Å². The number of urea groups is 1. The van der Waals surface area contributed by atoms with Crippen LogP contribution >= 0.6 is 0 Å². The van der Waals surface area contributed by atoms with Gasteiger partial charge in [0.15, 0.2) is 6.61 Å². The van der Waals surface area contributed by atoms with Gasteiger partial charge in [0.2, 0.25) is 5.91 Å². The first-order valence-electron chi connectivity index (χ1n) is 11.6. The lowest BCUT2D eigenvalue weighted by Gasteiger charge is -2.33. The van der Waals surface area contributed by atoms with Crippen molar-refractivity contribution in [1.82, 2.24) is 21.1 Å². The second kappa shape index (κ2) is 10.7. The molecule has 1 aromatic rings. The van der Waals surface area contributed by atoms with Gasteiger partial charge in [-0.1, -0.05) is 51.1 Å². The third kappa shape index (κ3) is 5.92. The van der Waals surface area contributed by atoms with Gasteiger partial charge in [-0.25, -0.2) is 9.59 Å². The number of imide groups is 1. The van der Waals surface area contributed by atoms with Crippen LogP contribution in [0.2, 0.25) is 0 Å². The normalized spacial score (nSPS) is 22.9. The Labute approximate surface area is 198 Å². The molecule has 10 heteroatoms. The van der Waals surface area contributed by atoms with Gasteiger partial charge in [0.05, 0.1) is 6.42 Å². The highest BCUT2D eigenvalue weighted by Crippen LogP contribution is 2.35. The van der Waals surface area contributed by atoms with E-state index < -0.39 is 42.0 Å². The van der Waals surface area contributed by atoms with Crippen molar-refractivity contribution >= 4 is 29.7 Å². The molecule has 2 fully saturated rings. The molecule has 1 aliphatic heterocycles. The maximum atomic E-state index is 12.8. The van der Waals surface area contributed by atoms with E-state index >= 15 is 0 Å². The lowest BCUT2D eigenvalue weighted by molar-refractivity contribution is -0.154. The monoisotopic (exact) mass is 472 g/mol. The van der Waals surface area contributed by atoms with Crippen LogP contribution in [0.25, 0.3) is 0 Å². The fourth-order valence-corrected chi connectivity index (χ4v) is 4.20. The van der Waals surface area contributed by atoms with Crippen molar-refractivity contribution in [2.75, 3.05) is 6.61 Å². The number of carbonyl (C=O) groups excluding carboxylic acids is 5. The number of benzene rings is 1. The minimum Gasteiger partial charge on any atom is -0.454 e. The number of nitrogens with one attached hydrogen (secondary N) is 3. The molecule has 1 spiro atoms. The number of hydrogen-bond acceptors (Lipinski definition) is 6. The van der Waals surface area contributed by atoms with E-state index in [0.29, 0.717) is 23.8 Å². The molecule has 1 aliphatic carbocycles. The molecule has 1 atom stereocenters. The Bertz CT molecular complexity index is 940. The summed E-state index contributed by atoms with van der Waals surface area (Å²) in [5, 5.41) is 6.01. The van der Waals surface area contributed by atoms with Gasteiger partial charge in [0, 0.05) is 0 Å². The third-order valence-electron chi connectivity index (χ3n) is 6.32. The van der Waals surface area contributed by atoms with Crippen LogP contribution in [0.15, 0.2) is 30.3 Å². The van der Waals surface area contributed by atoms with Gasteiger partial charge in [-0.3, -0.25) is 19.8 Å². The minimum absolute atomic E-state index is 0.102. The van der Waals surface area contributed by atoms with E-state index in [2.05, 4.69) is 23.0 Å². The first-order chi connectivity index (χ1) is 16.1. The smallest absolute Gasteiger partial charge is 0.344 e. The van der Waals surface area contributed by atoms with Crippen LogP contribution in [0.5, 0.6) is 0 Å². The van der Waals surface area contributed by atoms with Gasteiger partial charge in [-0.05, 0) is 43.1 Å². The lowest BCUT2D eigenvalue weighted by atomic mass is 9.77. The average Bonchev–Trinajstić information content (AvgIpc) is 3.02. The molecule has 3 N–H and O–H groups in total. The van der Waals surface area contributed by atoms with E-state index in [9.17, 15) is 24.0 Å². The largest absolute Gasteiger partial charge is 0.454 e. The zero-order valence-electron chi connectivity index (χ0n) is 19.8. The Morgan fingerprint density at radius 1 is 1.12 bits per heavy atom. The Hall–Kier alpha value is -3.43. The van der Waals surface area contributed by atoms with Crippen LogP contribution in [-0.2, 0) is 30.3 Å². The van der Waals surface area contributed by atoms with Crippen LogP contribution < -0.4 is 16.1 Å². The second-order valence-corrected chi connectivity index (χ2v) is 9.43. The molecule has 1 saturated heterocycles. The summed E-state index contributed by atoms with van der Waals surface area (Å²) in [4.78, 5) is 62.3. The summed E-state index contributed by atoms with van der Waals surface area (Å²) in [6.45, 7) is 4.88. The van der Waals surface area contributed by atoms with Crippen LogP contribution in [0.1, 0.15) is 52.0 Å². The number of hydrazine groups is 1. The molecular weight excluding hydrogens is 440 g/mol. The van der Waals surface area contributed by atoms with E-state index in [1.54, 1.807) is 26.0 Å². The summed E-state index contributed by atoms with van der Waals surface area (Å²) < 4.78 is 5.07. The fourth-order valence-electron chi connectivity index (χ4n) is 4.20. The molecule has 10 nitrogen and oxygen atoms in total. The number of ether oxygens (including phenoxy) is 1. The topological polar surface area (TPSA) is 134 Å². The molecule has 1 heterocycles. The van der Waals surface area contributed by atoms with Crippen molar-refractivity contribution in [2.45, 2.75) is 64.5 Å². The number of rotatable bonds is 8. The van der Waals surface area contributed by atoms with Crippen LogP contribution in [0.4, 0.5) is 4.79 Å². The van der Waals surface area contributed by atoms with Gasteiger partial charge in [0.25, 0.3) is 11.8 Å². The number of carbonyl (C=O) groups is 5. The second-order valence-electron chi connectivity index (χ2n) is 9.43. The zero-order chi connectivity index (χ0) is 24.9. The molecule has 1 saturated carbocycles. The van der Waals surface area contributed by atoms with Crippen LogP contribution in [0, 0.1) is 11.8 Å². The van der Waals surface area contributed by atoms with Crippen molar-refractivity contribution in [3.8, 4) is 0 Å². The highest BCUT2D eigenvalue weighted by Gasteiger charge is 2.52. The van der Waals surface area contributed by atoms with Crippen molar-refractivity contribution in [3.05, 3.63) is 35.9 Å². The van der Waals surface area contributed by atoms with E-state index in [1.807, 2.05) is 18.2 Å². The van der Waals surface area contributed by atoms with E-state index in [0.717, 1.165) is 18.4 Å². The van der Waals surface area contributed by atoms with Gasteiger partial charge in [-0.2, -0.15) is 5.01 Å². The molecule has 184 valence electrons. The molecule has 34 heavy (non-hydrogen) atoms. The van der Waals surface area contributed by atoms with Crippen molar-refractivity contribution in [3.63, 3.8) is 0 Å². The number of esters is 1. The predicted molar refractivity (Wildman–Crippen MR) is 122 cm³/mol. The number of nitrogens with zero attached hydrogens (tertiary/aromatic N) is 1. The summed E-state index contributed by atoms with van der Waals surface area (Å²) in [6.07, 6.45) is 2.73. The summed E-state index contributed by atoms with van der Waals surface area (Å²) in [6, 6.07) is 7.44. The predicted octanol–water partition coefficient (Wildman–Crippen LogP) is 1.45. The third-order valence-corrected chi connectivity index (χ3v) is 6.32. The van der Waals surface area contributed by atoms with Crippen molar-refractivity contribution in [2.24, 2.45) is 11.8 Å². The summed E-state index contributed by atoms with van der Waals surface area (Å²) >= 11 is 0. The highest BCUT2D eigenvalue weighted by atomic mass is 16.5. The molecule has 0 aromatic heterocycles. The van der Waals surface area contributed by atoms with E-state index in [4.69, 9.17) is 4.74 Å². The fraction of sp³-hybridized carbons (Fsp3) is 0.542. The Kier molecular flexibility index (Phi) is 7.90. The molecule has 0 bridgehead atoms. The number of hydrogen-bond donors (Lipinski definition) is 3. The van der Waals surface area contributed by atoms with Gasteiger partial charge < -0.3 is 15.4 Å². The summed E-state index contributed by atoms with van der Waals surface area (Å²) in [7, 11) is 0. The molecule has 5 amide bonds. The van der Waals surface area contributed by atoms with Crippen molar-refractivity contribution in [1.29, 1.82) is 0 Å². The van der Waals surface area contributed by atoms with E-state index in [1.165, 1.54) is 0 Å². The quantitative estimate of drug-likeness (QED) is 0.387. The molecule has 3 rings (SSSR count). The van der Waals surface area contributed by atoms with Crippen LogP contribution in [-0.4, -0.2) is 52.9 Å². The summed E-state index contributed by atoms with van der Waals surface area (Å²) in [5.41, 5.74) is 2.04. The maximum Gasteiger partial charge on any atom is 0.344 e. The molecule has 0 radical (unpaired) electrons. The standard InChI is InChI=1S/C24H32N4O6/c1-15(2)20(25-18(29)13-17-7-5-4-6-8-17)21(31)34-14-19(30)27-28-22(32)24(26-23(28)33)11-9-16(3)10-12-24/h4-8,15-16,20H,9-14H2,1-3H3,(H,25,29)(H,26,33)(H,27,30). The molecular formula is C24H32N4O6. The zero-order valence-corrected chi connectivity index (χ0v) is 19.8. The maximum absolute atomic E-state index is 12.8. The Morgan fingerprint density at radius 3 is 2.38 bits per heavy atom. The van der Waals surface area contributed by atoms with Crippen molar-refractivity contribution < 1.29 is 28.7 Å². The number of amides is 5. The average molecular weight is 473 g/mol. The Morgan fingerprint density at radius 2 is 1.76 bits per heavy atom. The summed E-state index contributed by atoms with van der Waals surface area (Å²) in [5.74, 6) is -2.26. The van der Waals surface area contributed by atoms with E-state index in [-0.39, 0.29) is 18.2 Å². The molecule has 1 aromatic carbocycles. The van der Waals surface area contributed by atoms with Gasteiger partial charge in [0.1, 0.15) is 11.6 Å². The van der Waals surface area contributed by atoms with Crippen LogP contribution in [0.3, 0.4) is 0 Å². The first kappa shape index (κ1) is 25.2. The highest BCUT2D eigenvalue weighted by molar-refractivity contribution is 6.08. The molecule has 1 unspecified atom stereocenters. The van der Waals surface area contributed by atoms with Gasteiger partial charge >= 0.3 is 12.0 Å². The molecule has 2 aliphatic rings. The Balaban J connectivity index is 1.50. The minimum atomic E-state index is -0.987. The SMILES string of the molecule is CC1CCC2(CC1)NC(=O)N(NC(=O)COC(=O)C(NC(=O)Cc1ccccc1)C(C)C)C2=O.